The van der Waals surface area contributed by atoms with E-state index in [-0.39, 0.29) is 11.8 Å². The van der Waals surface area contributed by atoms with Crippen molar-refractivity contribution in [3.05, 3.63) is 60.6 Å². The van der Waals surface area contributed by atoms with Crippen molar-refractivity contribution < 1.29 is 9.21 Å². The lowest BCUT2D eigenvalue weighted by Crippen LogP contribution is -2.30. The van der Waals surface area contributed by atoms with E-state index in [2.05, 4.69) is 29.6 Å². The SMILES string of the molecule is O=C(NCc1ccc(-c2ccoc2)cc1)C1CC=CCC1. The molecule has 0 bridgehead atoms. The van der Waals surface area contributed by atoms with E-state index in [4.69, 9.17) is 4.42 Å². The summed E-state index contributed by atoms with van der Waals surface area (Å²) in [7, 11) is 0. The first-order valence-electron chi connectivity index (χ1n) is 7.37. The third-order valence-electron chi connectivity index (χ3n) is 3.92. The summed E-state index contributed by atoms with van der Waals surface area (Å²) in [4.78, 5) is 12.1. The van der Waals surface area contributed by atoms with E-state index in [1.165, 1.54) is 0 Å². The molecule has 1 amide bonds. The zero-order valence-electron chi connectivity index (χ0n) is 11.9. The highest BCUT2D eigenvalue weighted by Gasteiger charge is 2.17. The van der Waals surface area contributed by atoms with Crippen molar-refractivity contribution >= 4 is 5.91 Å². The van der Waals surface area contributed by atoms with Crippen LogP contribution < -0.4 is 5.32 Å². The van der Waals surface area contributed by atoms with Crippen LogP contribution in [-0.2, 0) is 11.3 Å². The molecule has 1 aliphatic carbocycles. The Morgan fingerprint density at radius 1 is 1.14 bits per heavy atom. The normalized spacial score (nSPS) is 17.6. The molecule has 0 spiro atoms. The lowest BCUT2D eigenvalue weighted by atomic mass is 9.93. The van der Waals surface area contributed by atoms with Gasteiger partial charge in [-0.3, -0.25) is 4.79 Å². The van der Waals surface area contributed by atoms with Crippen molar-refractivity contribution in [3.63, 3.8) is 0 Å². The van der Waals surface area contributed by atoms with Crippen molar-refractivity contribution in [1.82, 2.24) is 5.32 Å². The topological polar surface area (TPSA) is 42.2 Å². The van der Waals surface area contributed by atoms with Gasteiger partial charge in [0.2, 0.25) is 5.91 Å². The molecule has 1 aromatic carbocycles. The minimum Gasteiger partial charge on any atom is -0.472 e. The standard InChI is InChI=1S/C18H19NO2/c20-18(16-4-2-1-3-5-16)19-12-14-6-8-15(9-7-14)17-10-11-21-13-17/h1-2,6-11,13,16H,3-5,12H2,(H,19,20). The van der Waals surface area contributed by atoms with Crippen LogP contribution in [0.4, 0.5) is 0 Å². The number of furan rings is 1. The number of hydrogen-bond donors (Lipinski definition) is 1. The molecule has 1 aromatic heterocycles. The Morgan fingerprint density at radius 3 is 2.67 bits per heavy atom. The smallest absolute Gasteiger partial charge is 0.223 e. The maximum atomic E-state index is 12.1. The van der Waals surface area contributed by atoms with E-state index in [0.29, 0.717) is 6.54 Å². The zero-order valence-corrected chi connectivity index (χ0v) is 11.9. The molecule has 0 saturated carbocycles. The van der Waals surface area contributed by atoms with Crippen LogP contribution in [0.15, 0.2) is 59.4 Å². The molecular weight excluding hydrogens is 262 g/mol. The van der Waals surface area contributed by atoms with Crippen molar-refractivity contribution in [2.75, 3.05) is 0 Å². The molecule has 0 saturated heterocycles. The summed E-state index contributed by atoms with van der Waals surface area (Å²) in [5.74, 6) is 0.304. The first-order valence-corrected chi connectivity index (χ1v) is 7.37. The molecule has 0 radical (unpaired) electrons. The van der Waals surface area contributed by atoms with Gasteiger partial charge in [0.25, 0.3) is 0 Å². The molecule has 0 fully saturated rings. The van der Waals surface area contributed by atoms with Gasteiger partial charge in [0, 0.05) is 18.0 Å². The summed E-state index contributed by atoms with van der Waals surface area (Å²) < 4.78 is 5.08. The van der Waals surface area contributed by atoms with Crippen LogP contribution in [0.25, 0.3) is 11.1 Å². The summed E-state index contributed by atoms with van der Waals surface area (Å²) in [6.07, 6.45) is 10.5. The molecule has 1 unspecified atom stereocenters. The number of carbonyl (C=O) groups is 1. The van der Waals surface area contributed by atoms with Gasteiger partial charge in [-0.25, -0.2) is 0 Å². The minimum absolute atomic E-state index is 0.139. The second-order valence-electron chi connectivity index (χ2n) is 5.41. The van der Waals surface area contributed by atoms with E-state index in [9.17, 15) is 4.79 Å². The molecule has 1 heterocycles. The van der Waals surface area contributed by atoms with E-state index >= 15 is 0 Å². The molecule has 108 valence electrons. The van der Waals surface area contributed by atoms with Gasteiger partial charge in [0.1, 0.15) is 0 Å². The molecule has 1 N–H and O–H groups in total. The molecule has 21 heavy (non-hydrogen) atoms. The fourth-order valence-corrected chi connectivity index (χ4v) is 2.61. The van der Waals surface area contributed by atoms with Crippen molar-refractivity contribution in [2.45, 2.75) is 25.8 Å². The quantitative estimate of drug-likeness (QED) is 0.863. The molecule has 3 rings (SSSR count). The highest BCUT2D eigenvalue weighted by Crippen LogP contribution is 2.21. The third kappa shape index (κ3) is 3.43. The summed E-state index contributed by atoms with van der Waals surface area (Å²) in [5.41, 5.74) is 3.30. The Kier molecular flexibility index (Phi) is 4.20. The Balaban J connectivity index is 1.56. The molecule has 3 nitrogen and oxygen atoms in total. The van der Waals surface area contributed by atoms with Crippen LogP contribution in [0.2, 0.25) is 0 Å². The average molecular weight is 281 g/mol. The predicted molar refractivity (Wildman–Crippen MR) is 82.5 cm³/mol. The summed E-state index contributed by atoms with van der Waals surface area (Å²) in [6, 6.07) is 10.1. The van der Waals surface area contributed by atoms with Gasteiger partial charge in [0.15, 0.2) is 0 Å². The van der Waals surface area contributed by atoms with Gasteiger partial charge in [0.05, 0.1) is 12.5 Å². The zero-order chi connectivity index (χ0) is 14.5. The Hall–Kier alpha value is -2.29. The third-order valence-corrected chi connectivity index (χ3v) is 3.92. The maximum absolute atomic E-state index is 12.1. The number of carbonyl (C=O) groups excluding carboxylic acids is 1. The van der Waals surface area contributed by atoms with Gasteiger partial charge < -0.3 is 9.73 Å². The van der Waals surface area contributed by atoms with E-state index < -0.39 is 0 Å². The first kappa shape index (κ1) is 13.7. The fourth-order valence-electron chi connectivity index (χ4n) is 2.61. The first-order chi connectivity index (χ1) is 10.3. The number of hydrogen-bond acceptors (Lipinski definition) is 2. The van der Waals surface area contributed by atoms with Crippen molar-refractivity contribution in [2.24, 2.45) is 5.92 Å². The number of amides is 1. The molecule has 1 aliphatic rings. The van der Waals surface area contributed by atoms with Crippen LogP contribution >= 0.6 is 0 Å². The molecule has 0 aliphatic heterocycles. The monoisotopic (exact) mass is 281 g/mol. The number of allylic oxidation sites excluding steroid dienone is 2. The summed E-state index contributed by atoms with van der Waals surface area (Å²) in [6.45, 7) is 0.588. The highest BCUT2D eigenvalue weighted by atomic mass is 16.3. The van der Waals surface area contributed by atoms with Gasteiger partial charge in [-0.1, -0.05) is 36.4 Å². The van der Waals surface area contributed by atoms with Gasteiger partial charge in [-0.2, -0.15) is 0 Å². The summed E-state index contributed by atoms with van der Waals surface area (Å²) >= 11 is 0. The van der Waals surface area contributed by atoms with E-state index in [1.54, 1.807) is 12.5 Å². The molecule has 3 heteroatoms. The van der Waals surface area contributed by atoms with Crippen molar-refractivity contribution in [3.8, 4) is 11.1 Å². The Bertz CT molecular complexity index is 611. The Morgan fingerprint density at radius 2 is 2.00 bits per heavy atom. The highest BCUT2D eigenvalue weighted by molar-refractivity contribution is 5.79. The lowest BCUT2D eigenvalue weighted by Gasteiger charge is -2.17. The Labute approximate surface area is 124 Å². The molecular formula is C18H19NO2. The minimum atomic E-state index is 0.139. The predicted octanol–water partition coefficient (Wildman–Crippen LogP) is 3.92. The van der Waals surface area contributed by atoms with Crippen LogP contribution in [0, 0.1) is 5.92 Å². The van der Waals surface area contributed by atoms with Crippen LogP contribution in [0.1, 0.15) is 24.8 Å². The van der Waals surface area contributed by atoms with Gasteiger partial charge in [-0.15, -0.1) is 0 Å². The van der Waals surface area contributed by atoms with Crippen molar-refractivity contribution in [1.29, 1.82) is 0 Å². The second-order valence-corrected chi connectivity index (χ2v) is 5.41. The van der Waals surface area contributed by atoms with Crippen LogP contribution in [-0.4, -0.2) is 5.91 Å². The van der Waals surface area contributed by atoms with Gasteiger partial charge in [-0.05, 0) is 36.5 Å². The number of nitrogens with one attached hydrogen (secondary N) is 1. The average Bonchev–Trinajstić information content (AvgIpc) is 3.08. The number of rotatable bonds is 4. The largest absolute Gasteiger partial charge is 0.472 e. The van der Waals surface area contributed by atoms with Crippen LogP contribution in [0.5, 0.6) is 0 Å². The van der Waals surface area contributed by atoms with Gasteiger partial charge >= 0.3 is 0 Å². The molecule has 2 aromatic rings. The molecule has 1 atom stereocenters. The second kappa shape index (κ2) is 6.44. The van der Waals surface area contributed by atoms with E-state index in [1.807, 2.05) is 18.2 Å². The number of benzene rings is 1. The fraction of sp³-hybridized carbons (Fsp3) is 0.278. The summed E-state index contributed by atoms with van der Waals surface area (Å²) in [5, 5.41) is 3.03. The van der Waals surface area contributed by atoms with Crippen LogP contribution in [0.3, 0.4) is 0 Å². The van der Waals surface area contributed by atoms with E-state index in [0.717, 1.165) is 36.0 Å². The maximum Gasteiger partial charge on any atom is 0.223 e. The lowest BCUT2D eigenvalue weighted by molar-refractivity contribution is -0.125.